The quantitative estimate of drug-likeness (QED) is 0.213. The molecule has 0 aliphatic heterocycles. The van der Waals surface area contributed by atoms with E-state index in [1.807, 2.05) is 6.07 Å². The molecule has 0 fully saturated rings. The van der Waals surface area contributed by atoms with Crippen LogP contribution in [-0.4, -0.2) is 10.7 Å². The van der Waals surface area contributed by atoms with Crippen LogP contribution in [0.3, 0.4) is 0 Å². The van der Waals surface area contributed by atoms with E-state index >= 15 is 0 Å². The second-order valence-electron chi connectivity index (χ2n) is 9.62. The lowest BCUT2D eigenvalue weighted by Crippen LogP contribution is -1.99. The van der Waals surface area contributed by atoms with Crippen LogP contribution in [0.1, 0.15) is 23.6 Å². The van der Waals surface area contributed by atoms with Gasteiger partial charge in [-0.1, -0.05) is 97.1 Å². The highest BCUT2D eigenvalue weighted by Crippen LogP contribution is 2.34. The Morgan fingerprint density at radius 1 is 0.632 bits per heavy atom. The van der Waals surface area contributed by atoms with Gasteiger partial charge in [0.15, 0.2) is 0 Å². The van der Waals surface area contributed by atoms with Crippen molar-refractivity contribution in [1.29, 1.82) is 0 Å². The Kier molecular flexibility index (Phi) is 6.45. The summed E-state index contributed by atoms with van der Waals surface area (Å²) in [7, 11) is 0. The number of hydrogen-bond acceptors (Lipinski definition) is 3. The molecule has 0 atom stereocenters. The maximum absolute atomic E-state index is 5.13. The lowest BCUT2D eigenvalue weighted by molar-refractivity contribution is 1.38. The van der Waals surface area contributed by atoms with Gasteiger partial charge in [0.05, 0.1) is 15.9 Å². The Balaban J connectivity index is 1.33. The highest BCUT2D eigenvalue weighted by molar-refractivity contribution is 7.21. The molecular weight excluding hydrogens is 480 g/mol. The van der Waals surface area contributed by atoms with E-state index in [-0.39, 0.29) is 0 Å². The van der Waals surface area contributed by atoms with Crippen molar-refractivity contribution in [2.75, 3.05) is 0 Å². The van der Waals surface area contributed by atoms with Crippen molar-refractivity contribution in [1.82, 2.24) is 4.98 Å². The second kappa shape index (κ2) is 10.2. The minimum Gasteiger partial charge on any atom is -0.253 e. The molecule has 38 heavy (non-hydrogen) atoms. The van der Waals surface area contributed by atoms with Crippen LogP contribution in [0, 0.1) is 13.8 Å². The van der Waals surface area contributed by atoms with E-state index in [1.54, 1.807) is 11.3 Å². The van der Waals surface area contributed by atoms with Crippen LogP contribution >= 0.6 is 11.3 Å². The smallest absolute Gasteiger partial charge is 0.124 e. The van der Waals surface area contributed by atoms with Gasteiger partial charge < -0.3 is 0 Å². The number of fused-ring (bicyclic) bond motifs is 1. The van der Waals surface area contributed by atoms with Gasteiger partial charge in [0.2, 0.25) is 0 Å². The fraction of sp³-hybridized carbons (Fsp3) is 0.0857. The fourth-order valence-electron chi connectivity index (χ4n) is 4.86. The monoisotopic (exact) mass is 508 g/mol. The molecule has 6 aromatic rings. The zero-order valence-electron chi connectivity index (χ0n) is 21.8. The number of benzene rings is 5. The maximum atomic E-state index is 5.13. The molecule has 0 aliphatic carbocycles. The third-order valence-corrected chi connectivity index (χ3v) is 8.09. The Morgan fingerprint density at radius 3 is 2.08 bits per heavy atom. The van der Waals surface area contributed by atoms with E-state index in [2.05, 4.69) is 130 Å². The first-order valence-electron chi connectivity index (χ1n) is 12.8. The van der Waals surface area contributed by atoms with Crippen LogP contribution in [0.25, 0.3) is 43.0 Å². The first-order valence-corrected chi connectivity index (χ1v) is 13.7. The molecule has 1 aromatic heterocycles. The van der Waals surface area contributed by atoms with Crippen LogP contribution in [-0.2, 0) is 0 Å². The van der Waals surface area contributed by atoms with E-state index in [0.717, 1.165) is 44.2 Å². The number of aromatic nitrogens is 1. The van der Waals surface area contributed by atoms with Crippen molar-refractivity contribution in [2.45, 2.75) is 20.8 Å². The molecule has 3 heteroatoms. The third-order valence-electron chi connectivity index (χ3n) is 7.01. The molecule has 5 aromatic carbocycles. The van der Waals surface area contributed by atoms with Gasteiger partial charge in [0.25, 0.3) is 0 Å². The zero-order chi connectivity index (χ0) is 26.1. The molecule has 0 amide bonds. The van der Waals surface area contributed by atoms with Gasteiger partial charge in [-0.25, -0.2) is 4.98 Å². The van der Waals surface area contributed by atoms with Crippen LogP contribution < -0.4 is 0 Å². The highest BCUT2D eigenvalue weighted by Gasteiger charge is 2.11. The Labute approximate surface area is 228 Å². The molecular formula is C35H28N2S. The lowest BCUT2D eigenvalue weighted by Gasteiger charge is -2.13. The Bertz CT molecular complexity index is 1760. The van der Waals surface area contributed by atoms with Crippen LogP contribution in [0.2, 0.25) is 0 Å². The lowest BCUT2D eigenvalue weighted by atomic mass is 9.94. The van der Waals surface area contributed by atoms with Crippen LogP contribution in [0.4, 0.5) is 5.69 Å². The second-order valence-corrected chi connectivity index (χ2v) is 10.7. The number of hydrogen-bond donors (Lipinski definition) is 0. The molecule has 1 heterocycles. The number of aryl methyl sites for hydroxylation is 2. The standard InChI is InChI=1S/C35H28N2S/c1-23-10-4-5-11-29(23)31-13-7-6-12-30(31)25(3)36-33-22-28(17-16-24(33)2)26-18-20-27(21-19-26)35-37-32-14-8-9-15-34(32)38-35/h4-22H,1-3H3. The summed E-state index contributed by atoms with van der Waals surface area (Å²) in [5.74, 6) is 0. The molecule has 0 spiro atoms. The Morgan fingerprint density at radius 2 is 1.29 bits per heavy atom. The summed E-state index contributed by atoms with van der Waals surface area (Å²) in [5, 5.41) is 1.05. The summed E-state index contributed by atoms with van der Waals surface area (Å²) in [4.78, 5) is 9.94. The van der Waals surface area contributed by atoms with Gasteiger partial charge in [-0.15, -0.1) is 11.3 Å². The van der Waals surface area contributed by atoms with E-state index in [9.17, 15) is 0 Å². The number of nitrogens with zero attached hydrogens (tertiary/aromatic N) is 2. The van der Waals surface area contributed by atoms with Crippen molar-refractivity contribution in [3.05, 3.63) is 132 Å². The number of thiazole rings is 1. The molecule has 0 saturated heterocycles. The highest BCUT2D eigenvalue weighted by atomic mass is 32.1. The summed E-state index contributed by atoms with van der Waals surface area (Å²) < 4.78 is 1.21. The molecule has 0 bridgehead atoms. The van der Waals surface area contributed by atoms with Crippen LogP contribution in [0.15, 0.2) is 120 Å². The van der Waals surface area contributed by atoms with Crippen molar-refractivity contribution in [2.24, 2.45) is 4.99 Å². The molecule has 2 nitrogen and oxygen atoms in total. The van der Waals surface area contributed by atoms with Gasteiger partial charge in [0, 0.05) is 16.8 Å². The Hall–Kier alpha value is -4.34. The number of para-hydroxylation sites is 1. The first-order chi connectivity index (χ1) is 18.6. The van der Waals surface area contributed by atoms with Crippen molar-refractivity contribution in [3.63, 3.8) is 0 Å². The first kappa shape index (κ1) is 24.0. The topological polar surface area (TPSA) is 25.2 Å². The molecule has 184 valence electrons. The summed E-state index contributed by atoms with van der Waals surface area (Å²) in [6.45, 7) is 6.39. The maximum Gasteiger partial charge on any atom is 0.124 e. The van der Waals surface area contributed by atoms with Crippen molar-refractivity contribution in [3.8, 4) is 32.8 Å². The van der Waals surface area contributed by atoms with Crippen molar-refractivity contribution < 1.29 is 0 Å². The predicted molar refractivity (Wildman–Crippen MR) is 164 cm³/mol. The summed E-state index contributed by atoms with van der Waals surface area (Å²) in [6.07, 6.45) is 0. The average molecular weight is 509 g/mol. The normalized spacial score (nSPS) is 11.7. The van der Waals surface area contributed by atoms with Gasteiger partial charge >= 0.3 is 0 Å². The van der Waals surface area contributed by atoms with E-state index < -0.39 is 0 Å². The molecule has 6 rings (SSSR count). The number of rotatable bonds is 5. The van der Waals surface area contributed by atoms with Gasteiger partial charge in [-0.05, 0) is 72.4 Å². The van der Waals surface area contributed by atoms with Crippen molar-refractivity contribution >= 4 is 33.0 Å². The summed E-state index contributed by atoms with van der Waals surface area (Å²) >= 11 is 1.73. The molecule has 0 saturated carbocycles. The molecule has 0 aliphatic rings. The van der Waals surface area contributed by atoms with Gasteiger partial charge in [-0.3, -0.25) is 4.99 Å². The van der Waals surface area contributed by atoms with Gasteiger partial charge in [0.1, 0.15) is 5.01 Å². The molecule has 0 unspecified atom stereocenters. The fourth-order valence-corrected chi connectivity index (χ4v) is 5.83. The van der Waals surface area contributed by atoms with Crippen LogP contribution in [0.5, 0.6) is 0 Å². The third kappa shape index (κ3) is 4.69. The van der Waals surface area contributed by atoms with Gasteiger partial charge in [-0.2, -0.15) is 0 Å². The minimum atomic E-state index is 0.995. The zero-order valence-corrected chi connectivity index (χ0v) is 22.6. The number of aliphatic imine (C=N–C) groups is 1. The van der Waals surface area contributed by atoms with E-state index in [4.69, 9.17) is 9.98 Å². The summed E-state index contributed by atoms with van der Waals surface area (Å²) in [6, 6.07) is 40.6. The minimum absolute atomic E-state index is 0.995. The summed E-state index contributed by atoms with van der Waals surface area (Å²) in [5.41, 5.74) is 12.6. The predicted octanol–water partition coefficient (Wildman–Crippen LogP) is 10.1. The molecule has 0 radical (unpaired) electrons. The largest absolute Gasteiger partial charge is 0.253 e. The van der Waals surface area contributed by atoms with E-state index in [0.29, 0.717) is 0 Å². The SMILES string of the molecule is CC(=Nc1cc(-c2ccc(-c3nc4ccccc4s3)cc2)ccc1C)c1ccccc1-c1ccccc1C. The average Bonchev–Trinajstić information content (AvgIpc) is 3.39. The molecule has 0 N–H and O–H groups in total. The van der Waals surface area contributed by atoms with E-state index in [1.165, 1.54) is 27.0 Å².